The van der Waals surface area contributed by atoms with Crippen LogP contribution in [0.3, 0.4) is 0 Å². The van der Waals surface area contributed by atoms with E-state index in [1.165, 1.54) is 18.6 Å². The van der Waals surface area contributed by atoms with Crippen LogP contribution in [-0.4, -0.2) is 26.4 Å². The van der Waals surface area contributed by atoms with Crippen LogP contribution in [-0.2, 0) is 10.0 Å². The highest BCUT2D eigenvalue weighted by Crippen LogP contribution is 2.50. The van der Waals surface area contributed by atoms with E-state index < -0.39 is 25.5 Å². The number of hydrogen-bond donors (Lipinski definition) is 1. The maximum atomic E-state index is 11.7. The summed E-state index contributed by atoms with van der Waals surface area (Å²) < 4.78 is 23.3. The number of benzene rings is 1. The van der Waals surface area contributed by atoms with Gasteiger partial charge in [-0.15, -0.1) is 0 Å². The van der Waals surface area contributed by atoms with E-state index in [0.717, 1.165) is 25.8 Å². The highest BCUT2D eigenvalue weighted by molar-refractivity contribution is 7.89. The first-order chi connectivity index (χ1) is 10.7. The summed E-state index contributed by atoms with van der Waals surface area (Å²) in [6.07, 6.45) is 4.45. The SMILES string of the molecule is C[C@@H]1CC[C@@]2(CCN(c3cccc(S(N)(=O)=O)c3[N+](=O)[O-])C2)C1. The van der Waals surface area contributed by atoms with Gasteiger partial charge in [0.2, 0.25) is 10.0 Å². The second-order valence-electron chi connectivity index (χ2n) is 6.95. The number of para-hydroxylation sites is 1. The molecule has 2 N–H and O–H groups in total. The summed E-state index contributed by atoms with van der Waals surface area (Å²) in [6.45, 7) is 3.69. The van der Waals surface area contributed by atoms with Gasteiger partial charge in [0.25, 0.3) is 0 Å². The number of nitro benzene ring substituents is 1. The number of nitrogens with two attached hydrogens (primary N) is 1. The lowest BCUT2D eigenvalue weighted by Gasteiger charge is -2.25. The monoisotopic (exact) mass is 339 g/mol. The largest absolute Gasteiger partial charge is 0.365 e. The molecule has 126 valence electrons. The molecule has 0 amide bonds. The number of anilines is 1. The molecule has 1 saturated carbocycles. The third-order valence-corrected chi connectivity index (χ3v) is 6.14. The average molecular weight is 339 g/mol. The van der Waals surface area contributed by atoms with Crippen molar-refractivity contribution >= 4 is 21.4 Å². The van der Waals surface area contributed by atoms with Gasteiger partial charge in [-0.05, 0) is 42.7 Å². The predicted molar refractivity (Wildman–Crippen MR) is 86.7 cm³/mol. The highest BCUT2D eigenvalue weighted by atomic mass is 32.2. The van der Waals surface area contributed by atoms with Crippen LogP contribution in [0.5, 0.6) is 0 Å². The predicted octanol–water partition coefficient (Wildman–Crippen LogP) is 2.26. The Hall–Kier alpha value is -1.67. The van der Waals surface area contributed by atoms with E-state index in [9.17, 15) is 18.5 Å². The lowest BCUT2D eigenvalue weighted by Crippen LogP contribution is -2.26. The molecule has 0 bridgehead atoms. The fourth-order valence-electron chi connectivity index (χ4n) is 4.19. The molecule has 1 aliphatic carbocycles. The summed E-state index contributed by atoms with van der Waals surface area (Å²) >= 11 is 0. The summed E-state index contributed by atoms with van der Waals surface area (Å²) in [5, 5.41) is 16.6. The van der Waals surface area contributed by atoms with Crippen LogP contribution in [0.2, 0.25) is 0 Å². The number of nitro groups is 1. The van der Waals surface area contributed by atoms with Crippen molar-refractivity contribution < 1.29 is 13.3 Å². The minimum Gasteiger partial charge on any atom is -0.365 e. The molecule has 1 heterocycles. The molecule has 0 unspecified atom stereocenters. The fourth-order valence-corrected chi connectivity index (χ4v) is 4.90. The van der Waals surface area contributed by atoms with Crippen molar-refractivity contribution in [2.45, 2.75) is 37.5 Å². The molecule has 23 heavy (non-hydrogen) atoms. The zero-order valence-corrected chi connectivity index (χ0v) is 13.9. The van der Waals surface area contributed by atoms with E-state index in [1.807, 2.05) is 4.90 Å². The van der Waals surface area contributed by atoms with Crippen molar-refractivity contribution in [1.29, 1.82) is 0 Å². The molecule has 0 radical (unpaired) electrons. The first-order valence-electron chi connectivity index (χ1n) is 7.77. The molecule has 1 aromatic carbocycles. The molecule has 1 saturated heterocycles. The topological polar surface area (TPSA) is 107 Å². The normalized spacial score (nSPS) is 27.7. The molecule has 2 aliphatic rings. The molecule has 7 nitrogen and oxygen atoms in total. The number of hydrogen-bond acceptors (Lipinski definition) is 5. The van der Waals surface area contributed by atoms with Gasteiger partial charge in [-0.2, -0.15) is 0 Å². The van der Waals surface area contributed by atoms with Crippen molar-refractivity contribution in [3.05, 3.63) is 28.3 Å². The van der Waals surface area contributed by atoms with Gasteiger partial charge in [0.1, 0.15) is 5.69 Å². The number of rotatable bonds is 3. The van der Waals surface area contributed by atoms with E-state index in [1.54, 1.807) is 6.07 Å². The second kappa shape index (κ2) is 5.45. The van der Waals surface area contributed by atoms with Crippen LogP contribution < -0.4 is 10.0 Å². The summed E-state index contributed by atoms with van der Waals surface area (Å²) in [7, 11) is -4.14. The molecule has 3 rings (SSSR count). The quantitative estimate of drug-likeness (QED) is 0.671. The van der Waals surface area contributed by atoms with Gasteiger partial charge in [0, 0.05) is 13.1 Å². The molecular formula is C15H21N3O4S. The molecule has 0 aromatic heterocycles. The lowest BCUT2D eigenvalue weighted by atomic mass is 9.85. The van der Waals surface area contributed by atoms with Gasteiger partial charge in [0.05, 0.1) is 4.92 Å². The summed E-state index contributed by atoms with van der Waals surface area (Å²) in [4.78, 5) is 12.4. The molecule has 1 spiro atoms. The Morgan fingerprint density at radius 1 is 1.39 bits per heavy atom. The first-order valence-corrected chi connectivity index (χ1v) is 9.32. The summed E-state index contributed by atoms with van der Waals surface area (Å²) in [5.41, 5.74) is 0.168. The molecule has 1 aromatic rings. The van der Waals surface area contributed by atoms with E-state index >= 15 is 0 Å². The van der Waals surface area contributed by atoms with E-state index in [0.29, 0.717) is 18.2 Å². The third-order valence-electron chi connectivity index (χ3n) is 5.19. The Balaban J connectivity index is 2.00. The Morgan fingerprint density at radius 3 is 2.70 bits per heavy atom. The maximum absolute atomic E-state index is 11.7. The zero-order chi connectivity index (χ0) is 16.8. The zero-order valence-electron chi connectivity index (χ0n) is 13.1. The maximum Gasteiger partial charge on any atom is 0.312 e. The Morgan fingerprint density at radius 2 is 2.13 bits per heavy atom. The van der Waals surface area contributed by atoms with Gasteiger partial charge in [-0.25, -0.2) is 13.6 Å². The second-order valence-corrected chi connectivity index (χ2v) is 8.48. The third kappa shape index (κ3) is 2.92. The minimum absolute atomic E-state index is 0.213. The number of nitrogens with zero attached hydrogens (tertiary/aromatic N) is 2. The standard InChI is InChI=1S/C15H21N3O4S/c1-11-5-6-15(9-11)7-8-17(10-15)12-3-2-4-13(23(16,21)22)14(12)18(19)20/h2-4,11H,5-10H2,1H3,(H2,16,21,22)/t11-,15-/m1/s1. The molecule has 8 heteroatoms. The van der Waals surface area contributed by atoms with Crippen LogP contribution in [0.4, 0.5) is 11.4 Å². The van der Waals surface area contributed by atoms with Gasteiger partial charge in [-0.3, -0.25) is 10.1 Å². The smallest absolute Gasteiger partial charge is 0.312 e. The van der Waals surface area contributed by atoms with Crippen LogP contribution in [0.1, 0.15) is 32.6 Å². The van der Waals surface area contributed by atoms with Crippen molar-refractivity contribution in [2.75, 3.05) is 18.0 Å². The van der Waals surface area contributed by atoms with Crippen molar-refractivity contribution in [3.63, 3.8) is 0 Å². The van der Waals surface area contributed by atoms with Crippen molar-refractivity contribution in [3.8, 4) is 0 Å². The summed E-state index contributed by atoms with van der Waals surface area (Å²) in [5.74, 6) is 0.681. The Bertz CT molecular complexity index is 749. The van der Waals surface area contributed by atoms with Gasteiger partial charge < -0.3 is 4.90 Å². The van der Waals surface area contributed by atoms with Crippen molar-refractivity contribution in [2.24, 2.45) is 16.5 Å². The average Bonchev–Trinajstić information content (AvgIpc) is 3.04. The van der Waals surface area contributed by atoms with Gasteiger partial charge in [-0.1, -0.05) is 19.4 Å². The van der Waals surface area contributed by atoms with E-state index in [2.05, 4.69) is 6.92 Å². The lowest BCUT2D eigenvalue weighted by molar-refractivity contribution is -0.387. The van der Waals surface area contributed by atoms with Gasteiger partial charge in [0.15, 0.2) is 4.90 Å². The van der Waals surface area contributed by atoms with Crippen molar-refractivity contribution in [1.82, 2.24) is 0 Å². The molecule has 2 atom stereocenters. The first kappa shape index (κ1) is 16.2. The van der Waals surface area contributed by atoms with E-state index in [-0.39, 0.29) is 5.41 Å². The van der Waals surface area contributed by atoms with Crippen LogP contribution >= 0.6 is 0 Å². The molecular weight excluding hydrogens is 318 g/mol. The Kier molecular flexibility index (Phi) is 3.84. The number of primary sulfonamides is 1. The minimum atomic E-state index is -4.14. The Labute approximate surface area is 135 Å². The number of sulfonamides is 1. The fraction of sp³-hybridized carbons (Fsp3) is 0.600. The highest BCUT2D eigenvalue weighted by Gasteiger charge is 2.44. The van der Waals surface area contributed by atoms with Crippen LogP contribution in [0.25, 0.3) is 0 Å². The van der Waals surface area contributed by atoms with Gasteiger partial charge >= 0.3 is 5.69 Å². The molecule has 1 aliphatic heterocycles. The summed E-state index contributed by atoms with van der Waals surface area (Å²) in [6, 6.07) is 4.33. The van der Waals surface area contributed by atoms with E-state index in [4.69, 9.17) is 5.14 Å². The van der Waals surface area contributed by atoms with Crippen LogP contribution in [0.15, 0.2) is 23.1 Å². The van der Waals surface area contributed by atoms with Crippen LogP contribution in [0, 0.1) is 21.4 Å². The molecule has 2 fully saturated rings.